The van der Waals surface area contributed by atoms with E-state index in [1.807, 2.05) is 30.0 Å². The minimum Gasteiger partial charge on any atom is -0.370 e. The van der Waals surface area contributed by atoms with E-state index in [-0.39, 0.29) is 28.7 Å². The predicted molar refractivity (Wildman–Crippen MR) is 89.9 cm³/mol. The van der Waals surface area contributed by atoms with Gasteiger partial charge in [-0.1, -0.05) is 6.07 Å². The van der Waals surface area contributed by atoms with Crippen LogP contribution in [0.1, 0.15) is 19.8 Å². The van der Waals surface area contributed by atoms with Gasteiger partial charge in [0.15, 0.2) is 5.96 Å². The number of pyridine rings is 1. The Morgan fingerprint density at radius 2 is 2.44 bits per heavy atom. The summed E-state index contributed by atoms with van der Waals surface area (Å²) in [7, 11) is 0. The zero-order valence-corrected chi connectivity index (χ0v) is 13.6. The monoisotopic (exact) mass is 378 g/mol. The molecular weight excluding hydrogens is 359 g/mol. The van der Waals surface area contributed by atoms with E-state index >= 15 is 0 Å². The first-order valence-electron chi connectivity index (χ1n) is 5.80. The van der Waals surface area contributed by atoms with Crippen molar-refractivity contribution in [1.82, 2.24) is 4.98 Å². The van der Waals surface area contributed by atoms with Crippen LogP contribution < -0.4 is 11.1 Å². The van der Waals surface area contributed by atoms with E-state index in [0.29, 0.717) is 5.96 Å². The molecule has 0 saturated carbocycles. The van der Waals surface area contributed by atoms with Crippen LogP contribution in [0.5, 0.6) is 0 Å². The molecule has 1 aliphatic heterocycles. The number of hydrogen-bond donors (Lipinski definition) is 2. The van der Waals surface area contributed by atoms with E-state index in [2.05, 4.69) is 22.2 Å². The smallest absolute Gasteiger partial charge is 0.194 e. The van der Waals surface area contributed by atoms with Crippen LogP contribution in [0, 0.1) is 0 Å². The number of aliphatic imine (C=N–C) groups is 1. The molecule has 0 spiro atoms. The van der Waals surface area contributed by atoms with Gasteiger partial charge in [-0.2, -0.15) is 11.8 Å². The van der Waals surface area contributed by atoms with Crippen LogP contribution in [0.15, 0.2) is 29.4 Å². The van der Waals surface area contributed by atoms with Gasteiger partial charge in [0, 0.05) is 10.9 Å². The SMILES string of the molecule is CC1(CN=C(N)Nc2ccccn2)CCCS1.I. The highest BCUT2D eigenvalue weighted by Crippen LogP contribution is 2.37. The number of thioether (sulfide) groups is 1. The maximum atomic E-state index is 5.83. The maximum absolute atomic E-state index is 5.83. The molecule has 0 amide bonds. The number of rotatable bonds is 3. The molecule has 1 atom stereocenters. The van der Waals surface area contributed by atoms with E-state index in [1.54, 1.807) is 6.20 Å². The molecule has 4 nitrogen and oxygen atoms in total. The Bertz CT molecular complexity index is 390. The molecule has 0 aliphatic carbocycles. The normalized spacial score (nSPS) is 23.5. The van der Waals surface area contributed by atoms with Crippen LogP contribution in [0.25, 0.3) is 0 Å². The largest absolute Gasteiger partial charge is 0.370 e. The molecule has 100 valence electrons. The molecule has 1 saturated heterocycles. The topological polar surface area (TPSA) is 63.3 Å². The van der Waals surface area contributed by atoms with Gasteiger partial charge < -0.3 is 11.1 Å². The fraction of sp³-hybridized carbons (Fsp3) is 0.500. The first kappa shape index (κ1) is 15.6. The first-order chi connectivity index (χ1) is 8.18. The Labute approximate surface area is 129 Å². The zero-order valence-electron chi connectivity index (χ0n) is 10.4. The summed E-state index contributed by atoms with van der Waals surface area (Å²) in [5, 5.41) is 2.99. The Morgan fingerprint density at radius 1 is 1.61 bits per heavy atom. The molecule has 0 bridgehead atoms. The second-order valence-corrected chi connectivity index (χ2v) is 6.13. The van der Waals surface area contributed by atoms with Gasteiger partial charge in [-0.3, -0.25) is 4.99 Å². The number of anilines is 1. The molecule has 1 fully saturated rings. The molecule has 6 heteroatoms. The summed E-state index contributed by atoms with van der Waals surface area (Å²) in [6, 6.07) is 5.65. The number of halogens is 1. The summed E-state index contributed by atoms with van der Waals surface area (Å²) in [4.78, 5) is 8.53. The van der Waals surface area contributed by atoms with Crippen LogP contribution in [0.4, 0.5) is 5.82 Å². The van der Waals surface area contributed by atoms with E-state index in [0.717, 1.165) is 12.4 Å². The van der Waals surface area contributed by atoms with E-state index in [1.165, 1.54) is 18.6 Å². The Kier molecular flexibility index (Phi) is 6.20. The average molecular weight is 378 g/mol. The predicted octanol–water partition coefficient (Wildman–Crippen LogP) is 2.71. The van der Waals surface area contributed by atoms with E-state index in [4.69, 9.17) is 5.73 Å². The molecule has 2 rings (SSSR count). The molecule has 3 N–H and O–H groups in total. The third-order valence-electron chi connectivity index (χ3n) is 2.81. The highest BCUT2D eigenvalue weighted by atomic mass is 127. The fourth-order valence-electron chi connectivity index (χ4n) is 1.82. The third kappa shape index (κ3) is 4.64. The molecule has 1 aromatic heterocycles. The summed E-state index contributed by atoms with van der Waals surface area (Å²) in [6.45, 7) is 3.02. The molecule has 18 heavy (non-hydrogen) atoms. The maximum Gasteiger partial charge on any atom is 0.194 e. The van der Waals surface area contributed by atoms with Gasteiger partial charge in [-0.05, 0) is 37.7 Å². The van der Waals surface area contributed by atoms with Crippen LogP contribution in [0.2, 0.25) is 0 Å². The average Bonchev–Trinajstić information content (AvgIpc) is 2.76. The van der Waals surface area contributed by atoms with Crippen LogP contribution in [0.3, 0.4) is 0 Å². The second-order valence-electron chi connectivity index (χ2n) is 4.44. The standard InChI is InChI=1S/C12H18N4S.HI/c1-12(6-4-8-17-12)9-15-11(13)16-10-5-2-3-7-14-10;/h2-3,5,7H,4,6,8-9H2,1H3,(H3,13,14,15,16);1H. The molecule has 0 radical (unpaired) electrons. The van der Waals surface area contributed by atoms with Crippen molar-refractivity contribution in [2.75, 3.05) is 17.6 Å². The van der Waals surface area contributed by atoms with Crippen molar-refractivity contribution in [3.63, 3.8) is 0 Å². The summed E-state index contributed by atoms with van der Waals surface area (Å²) >= 11 is 1.99. The Morgan fingerprint density at radius 3 is 3.06 bits per heavy atom. The highest BCUT2D eigenvalue weighted by molar-refractivity contribution is 14.0. The molecule has 2 heterocycles. The summed E-state index contributed by atoms with van der Waals surface area (Å²) in [5.41, 5.74) is 5.83. The molecule has 1 aromatic rings. The van der Waals surface area contributed by atoms with Crippen LogP contribution in [-0.4, -0.2) is 28.0 Å². The van der Waals surface area contributed by atoms with Gasteiger partial charge in [-0.15, -0.1) is 24.0 Å². The van der Waals surface area contributed by atoms with E-state index in [9.17, 15) is 0 Å². The minimum absolute atomic E-state index is 0. The van der Waals surface area contributed by atoms with Gasteiger partial charge in [0.05, 0.1) is 6.54 Å². The van der Waals surface area contributed by atoms with Crippen LogP contribution in [-0.2, 0) is 0 Å². The highest BCUT2D eigenvalue weighted by Gasteiger charge is 2.28. The molecule has 1 aliphatic rings. The summed E-state index contributed by atoms with van der Waals surface area (Å²) in [5.74, 6) is 2.41. The van der Waals surface area contributed by atoms with Gasteiger partial charge in [-0.25, -0.2) is 4.98 Å². The Hall–Kier alpha value is -0.500. The lowest BCUT2D eigenvalue weighted by Gasteiger charge is -2.19. The van der Waals surface area contributed by atoms with Crippen molar-refractivity contribution in [2.45, 2.75) is 24.5 Å². The lowest BCUT2D eigenvalue weighted by atomic mass is 10.1. The number of aromatic nitrogens is 1. The fourth-order valence-corrected chi connectivity index (χ4v) is 3.05. The third-order valence-corrected chi connectivity index (χ3v) is 4.33. The van der Waals surface area contributed by atoms with Crippen molar-refractivity contribution >= 4 is 47.5 Å². The van der Waals surface area contributed by atoms with Gasteiger partial charge in [0.1, 0.15) is 5.82 Å². The molecule has 1 unspecified atom stereocenters. The zero-order chi connectivity index (χ0) is 12.1. The first-order valence-corrected chi connectivity index (χ1v) is 6.78. The Balaban J connectivity index is 0.00000162. The lowest BCUT2D eigenvalue weighted by molar-refractivity contribution is 0.619. The quantitative estimate of drug-likeness (QED) is 0.482. The molecule has 0 aromatic carbocycles. The van der Waals surface area contributed by atoms with Crippen molar-refractivity contribution in [3.8, 4) is 0 Å². The van der Waals surface area contributed by atoms with Gasteiger partial charge >= 0.3 is 0 Å². The number of nitrogens with two attached hydrogens (primary N) is 1. The van der Waals surface area contributed by atoms with E-state index < -0.39 is 0 Å². The minimum atomic E-state index is 0. The number of nitrogens with one attached hydrogen (secondary N) is 1. The number of guanidine groups is 1. The van der Waals surface area contributed by atoms with Gasteiger partial charge in [0.2, 0.25) is 0 Å². The van der Waals surface area contributed by atoms with Gasteiger partial charge in [0.25, 0.3) is 0 Å². The van der Waals surface area contributed by atoms with Crippen molar-refractivity contribution in [2.24, 2.45) is 10.7 Å². The summed E-state index contributed by atoms with van der Waals surface area (Å²) in [6.07, 6.45) is 4.23. The number of hydrogen-bond acceptors (Lipinski definition) is 3. The number of nitrogens with zero attached hydrogens (tertiary/aromatic N) is 2. The van der Waals surface area contributed by atoms with Crippen LogP contribution >= 0.6 is 35.7 Å². The lowest BCUT2D eigenvalue weighted by Crippen LogP contribution is -2.27. The second kappa shape index (κ2) is 7.18. The summed E-state index contributed by atoms with van der Waals surface area (Å²) < 4.78 is 0.260. The van der Waals surface area contributed by atoms with Crippen molar-refractivity contribution in [1.29, 1.82) is 0 Å². The van der Waals surface area contributed by atoms with Crippen molar-refractivity contribution in [3.05, 3.63) is 24.4 Å². The van der Waals surface area contributed by atoms with Crippen molar-refractivity contribution < 1.29 is 0 Å². The molecular formula is C12H19IN4S.